The molecule has 2 rings (SSSR count). The van der Waals surface area contributed by atoms with Gasteiger partial charge in [0.1, 0.15) is 0 Å². The Morgan fingerprint density at radius 3 is 2.64 bits per heavy atom. The fourth-order valence-electron chi connectivity index (χ4n) is 2.31. The van der Waals surface area contributed by atoms with Crippen LogP contribution < -0.4 is 5.56 Å². The van der Waals surface area contributed by atoms with E-state index in [1.807, 2.05) is 26.0 Å². The summed E-state index contributed by atoms with van der Waals surface area (Å²) in [7, 11) is 0. The van der Waals surface area contributed by atoms with Crippen LogP contribution in [0.1, 0.15) is 31.0 Å². The van der Waals surface area contributed by atoms with Gasteiger partial charge in [0, 0.05) is 11.6 Å². The van der Waals surface area contributed by atoms with Gasteiger partial charge in [0.15, 0.2) is 6.04 Å². The number of carbonyl (C=O) groups is 1. The van der Waals surface area contributed by atoms with Crippen molar-refractivity contribution in [3.05, 3.63) is 51.8 Å². The van der Waals surface area contributed by atoms with Crippen molar-refractivity contribution in [2.24, 2.45) is 0 Å². The van der Waals surface area contributed by atoms with Crippen LogP contribution in [-0.2, 0) is 9.53 Å². The molecule has 2 aromatic rings. The molecule has 0 N–H and O–H groups in total. The van der Waals surface area contributed by atoms with Gasteiger partial charge in [-0.3, -0.25) is 4.79 Å². The van der Waals surface area contributed by atoms with Gasteiger partial charge >= 0.3 is 5.97 Å². The van der Waals surface area contributed by atoms with E-state index in [1.54, 1.807) is 19.9 Å². The maximum Gasteiger partial charge on any atom is 0.330 e. The molecule has 22 heavy (non-hydrogen) atoms. The van der Waals surface area contributed by atoms with Crippen LogP contribution >= 0.6 is 0 Å². The smallest absolute Gasteiger partial charge is 0.330 e. The van der Waals surface area contributed by atoms with Gasteiger partial charge in [-0.1, -0.05) is 23.8 Å². The molecule has 0 amide bonds. The first kappa shape index (κ1) is 15.9. The molecular weight excluding hydrogens is 280 g/mol. The first-order valence-corrected chi connectivity index (χ1v) is 7.28. The summed E-state index contributed by atoms with van der Waals surface area (Å²) in [5.41, 5.74) is 3.51. The molecule has 0 bridgehead atoms. The van der Waals surface area contributed by atoms with E-state index in [4.69, 9.17) is 4.74 Å². The second-order valence-electron chi connectivity index (χ2n) is 5.25. The average Bonchev–Trinajstić information content (AvgIpc) is 2.48. The highest BCUT2D eigenvalue weighted by Crippen LogP contribution is 2.21. The lowest BCUT2D eigenvalue weighted by Crippen LogP contribution is -2.31. The molecule has 0 fully saturated rings. The lowest BCUT2D eigenvalue weighted by atomic mass is 10.0. The fraction of sp³-hybridized carbons (Fsp3) is 0.353. The zero-order valence-corrected chi connectivity index (χ0v) is 13.3. The molecule has 0 saturated carbocycles. The van der Waals surface area contributed by atoms with Crippen LogP contribution in [0.2, 0.25) is 0 Å². The van der Waals surface area contributed by atoms with Crippen LogP contribution in [0.15, 0.2) is 35.1 Å². The van der Waals surface area contributed by atoms with E-state index in [2.05, 4.69) is 11.2 Å². The van der Waals surface area contributed by atoms with Crippen LogP contribution in [0.25, 0.3) is 11.3 Å². The van der Waals surface area contributed by atoms with Crippen LogP contribution in [0, 0.1) is 13.8 Å². The lowest BCUT2D eigenvalue weighted by Gasteiger charge is -2.14. The minimum atomic E-state index is -0.752. The Bertz CT molecular complexity index is 750. The summed E-state index contributed by atoms with van der Waals surface area (Å²) in [5.74, 6) is -0.463. The van der Waals surface area contributed by atoms with Gasteiger partial charge in [-0.2, -0.15) is 5.10 Å². The zero-order chi connectivity index (χ0) is 16.3. The molecule has 0 aliphatic rings. The normalized spacial score (nSPS) is 12.0. The number of benzene rings is 1. The third-order valence-electron chi connectivity index (χ3n) is 3.48. The lowest BCUT2D eigenvalue weighted by molar-refractivity contribution is -0.147. The molecule has 5 nitrogen and oxygen atoms in total. The highest BCUT2D eigenvalue weighted by molar-refractivity contribution is 5.73. The summed E-state index contributed by atoms with van der Waals surface area (Å²) in [5, 5.41) is 4.34. The van der Waals surface area contributed by atoms with Crippen LogP contribution in [-0.4, -0.2) is 22.4 Å². The van der Waals surface area contributed by atoms with Crippen molar-refractivity contribution in [2.45, 2.75) is 33.7 Å². The van der Waals surface area contributed by atoms with E-state index in [0.717, 1.165) is 16.7 Å². The molecule has 0 aliphatic heterocycles. The van der Waals surface area contributed by atoms with Gasteiger partial charge in [0.05, 0.1) is 12.3 Å². The standard InChI is InChI=1S/C17H20N2O3/c1-5-22-17(21)13(4)19-16(20)9-8-15(18-19)14-7-6-11(2)10-12(14)3/h6-10,13H,5H2,1-4H3/t13-/m1/s1. The fourth-order valence-corrected chi connectivity index (χ4v) is 2.31. The van der Waals surface area contributed by atoms with Crippen molar-refractivity contribution in [1.82, 2.24) is 9.78 Å². The van der Waals surface area contributed by atoms with Crippen molar-refractivity contribution >= 4 is 5.97 Å². The largest absolute Gasteiger partial charge is 0.464 e. The maximum atomic E-state index is 12.0. The Morgan fingerprint density at radius 2 is 2.00 bits per heavy atom. The topological polar surface area (TPSA) is 61.2 Å². The first-order valence-electron chi connectivity index (χ1n) is 7.28. The molecule has 0 aliphatic carbocycles. The Hall–Kier alpha value is -2.43. The van der Waals surface area contributed by atoms with E-state index >= 15 is 0 Å². The SMILES string of the molecule is CCOC(=O)[C@@H](C)n1nc(-c2ccc(C)cc2C)ccc1=O. The minimum absolute atomic E-state index is 0.273. The van der Waals surface area contributed by atoms with Gasteiger partial charge in [0.2, 0.25) is 0 Å². The van der Waals surface area contributed by atoms with Gasteiger partial charge in [-0.25, -0.2) is 9.48 Å². The third kappa shape index (κ3) is 3.24. The number of hydrogen-bond acceptors (Lipinski definition) is 4. The number of rotatable bonds is 4. The van der Waals surface area contributed by atoms with Crippen molar-refractivity contribution in [2.75, 3.05) is 6.61 Å². The molecule has 0 spiro atoms. The Kier molecular flexibility index (Phi) is 4.75. The van der Waals surface area contributed by atoms with Gasteiger partial charge in [-0.05, 0) is 39.3 Å². The van der Waals surface area contributed by atoms with E-state index in [9.17, 15) is 9.59 Å². The molecule has 5 heteroatoms. The number of carbonyl (C=O) groups excluding carboxylic acids is 1. The summed E-state index contributed by atoms with van der Waals surface area (Å²) < 4.78 is 6.13. The molecule has 1 atom stereocenters. The summed E-state index contributed by atoms with van der Waals surface area (Å²) in [6.45, 7) is 7.63. The second kappa shape index (κ2) is 6.56. The minimum Gasteiger partial charge on any atom is -0.464 e. The zero-order valence-electron chi connectivity index (χ0n) is 13.3. The quantitative estimate of drug-likeness (QED) is 0.814. The van der Waals surface area contributed by atoms with E-state index in [-0.39, 0.29) is 12.2 Å². The van der Waals surface area contributed by atoms with Crippen molar-refractivity contribution < 1.29 is 9.53 Å². The molecule has 1 aromatic carbocycles. The summed E-state index contributed by atoms with van der Waals surface area (Å²) >= 11 is 0. The van der Waals surface area contributed by atoms with Crippen LogP contribution in [0.3, 0.4) is 0 Å². The number of aryl methyl sites for hydroxylation is 2. The molecule has 116 valence electrons. The number of ether oxygens (including phenoxy) is 1. The average molecular weight is 300 g/mol. The predicted molar refractivity (Wildman–Crippen MR) is 84.8 cm³/mol. The summed E-state index contributed by atoms with van der Waals surface area (Å²) in [6.07, 6.45) is 0. The van der Waals surface area contributed by atoms with E-state index in [1.165, 1.54) is 10.7 Å². The molecule has 1 aromatic heterocycles. The molecular formula is C17H20N2O3. The second-order valence-corrected chi connectivity index (χ2v) is 5.25. The Balaban J connectivity index is 2.46. The highest BCUT2D eigenvalue weighted by atomic mass is 16.5. The summed E-state index contributed by atoms with van der Waals surface area (Å²) in [6, 6.07) is 8.37. The molecule has 0 saturated heterocycles. The third-order valence-corrected chi connectivity index (χ3v) is 3.48. The van der Waals surface area contributed by atoms with E-state index in [0.29, 0.717) is 5.69 Å². The maximum absolute atomic E-state index is 12.0. The van der Waals surface area contributed by atoms with Gasteiger partial charge in [0.25, 0.3) is 5.56 Å². The first-order chi connectivity index (χ1) is 10.4. The van der Waals surface area contributed by atoms with E-state index < -0.39 is 12.0 Å². The molecule has 0 unspecified atom stereocenters. The monoisotopic (exact) mass is 300 g/mol. The van der Waals surface area contributed by atoms with Gasteiger partial charge in [-0.15, -0.1) is 0 Å². The van der Waals surface area contributed by atoms with Crippen LogP contribution in [0.4, 0.5) is 0 Å². The van der Waals surface area contributed by atoms with Crippen molar-refractivity contribution in [1.29, 1.82) is 0 Å². The molecule has 1 heterocycles. The van der Waals surface area contributed by atoms with Crippen molar-refractivity contribution in [3.8, 4) is 11.3 Å². The Labute approximate surface area is 129 Å². The van der Waals surface area contributed by atoms with Gasteiger partial charge < -0.3 is 4.74 Å². The van der Waals surface area contributed by atoms with Crippen molar-refractivity contribution in [3.63, 3.8) is 0 Å². The molecule has 0 radical (unpaired) electrons. The Morgan fingerprint density at radius 1 is 1.27 bits per heavy atom. The number of nitrogens with zero attached hydrogens (tertiary/aromatic N) is 2. The number of hydrogen-bond donors (Lipinski definition) is 0. The predicted octanol–water partition coefficient (Wildman–Crippen LogP) is 2.65. The van der Waals surface area contributed by atoms with Crippen LogP contribution in [0.5, 0.6) is 0 Å². The summed E-state index contributed by atoms with van der Waals surface area (Å²) in [4.78, 5) is 23.8. The highest BCUT2D eigenvalue weighted by Gasteiger charge is 2.19. The number of esters is 1. The number of aromatic nitrogens is 2.